The highest BCUT2D eigenvalue weighted by atomic mass is 16.5. The molecule has 0 saturated carbocycles. The summed E-state index contributed by atoms with van der Waals surface area (Å²) in [4.78, 5) is 0. The molecule has 0 amide bonds. The number of ether oxygens (including phenoxy) is 1. The van der Waals surface area contributed by atoms with Crippen molar-refractivity contribution < 1.29 is 4.74 Å². The second-order valence-corrected chi connectivity index (χ2v) is 4.35. The van der Waals surface area contributed by atoms with Gasteiger partial charge in [0, 0.05) is 11.5 Å². The molecule has 1 aliphatic carbocycles. The van der Waals surface area contributed by atoms with Gasteiger partial charge in [-0.25, -0.2) is 0 Å². The topological polar surface area (TPSA) is 33.0 Å². The number of allylic oxidation sites excluding steroid dienone is 2. The molecule has 1 aliphatic rings. The molecular weight excluding hydrogens is 210 g/mol. The van der Waals surface area contributed by atoms with Gasteiger partial charge in [0.2, 0.25) is 0 Å². The largest absolute Gasteiger partial charge is 0.486 e. The van der Waals surface area contributed by atoms with Crippen molar-refractivity contribution in [2.24, 2.45) is 5.92 Å². The minimum absolute atomic E-state index is 0.00908. The van der Waals surface area contributed by atoms with E-state index in [0.717, 1.165) is 5.75 Å². The number of hydrogen-bond donors (Lipinski definition) is 0. The first-order chi connectivity index (χ1) is 8.19. The Morgan fingerprint density at radius 3 is 2.53 bits per heavy atom. The predicted molar refractivity (Wildman–Crippen MR) is 67.6 cm³/mol. The van der Waals surface area contributed by atoms with Crippen molar-refractivity contribution >= 4 is 0 Å². The average Bonchev–Trinajstić information content (AvgIpc) is 2.34. The molecule has 2 heteroatoms. The molecular formula is C15H15NO. The molecule has 0 bridgehead atoms. The van der Waals surface area contributed by atoms with Crippen molar-refractivity contribution in [3.63, 3.8) is 0 Å². The Bertz CT molecular complexity index is 491. The average molecular weight is 225 g/mol. The highest BCUT2D eigenvalue weighted by Gasteiger charge is 2.18. The highest BCUT2D eigenvalue weighted by molar-refractivity contribution is 5.38. The van der Waals surface area contributed by atoms with Crippen LogP contribution in [0.25, 0.3) is 0 Å². The highest BCUT2D eigenvalue weighted by Crippen LogP contribution is 2.22. The molecule has 0 radical (unpaired) electrons. The lowest BCUT2D eigenvalue weighted by molar-refractivity contribution is 0.209. The number of aryl methyl sites for hydroxylation is 1. The summed E-state index contributed by atoms with van der Waals surface area (Å²) in [5, 5.41) is 8.80. The van der Waals surface area contributed by atoms with E-state index < -0.39 is 0 Å². The minimum atomic E-state index is 0.00908. The lowest BCUT2D eigenvalue weighted by Crippen LogP contribution is -2.23. The van der Waals surface area contributed by atoms with E-state index in [0.29, 0.717) is 5.57 Å². The normalized spacial score (nSPS) is 22.8. The van der Waals surface area contributed by atoms with Crippen LogP contribution >= 0.6 is 0 Å². The van der Waals surface area contributed by atoms with Crippen LogP contribution in [0.1, 0.15) is 12.5 Å². The summed E-state index contributed by atoms with van der Waals surface area (Å²) < 4.78 is 5.87. The van der Waals surface area contributed by atoms with Gasteiger partial charge in [-0.05, 0) is 31.2 Å². The summed E-state index contributed by atoms with van der Waals surface area (Å²) in [5.41, 5.74) is 1.93. The summed E-state index contributed by atoms with van der Waals surface area (Å²) in [6.07, 6.45) is 5.72. The number of hydrogen-bond acceptors (Lipinski definition) is 2. The molecule has 0 aliphatic heterocycles. The van der Waals surface area contributed by atoms with Crippen molar-refractivity contribution in [3.05, 3.63) is 53.6 Å². The van der Waals surface area contributed by atoms with Crippen LogP contribution in [0.5, 0.6) is 5.75 Å². The first-order valence-electron chi connectivity index (χ1n) is 5.72. The van der Waals surface area contributed by atoms with Crippen molar-refractivity contribution in [1.29, 1.82) is 5.26 Å². The van der Waals surface area contributed by atoms with E-state index >= 15 is 0 Å². The monoisotopic (exact) mass is 225 g/mol. The first-order valence-corrected chi connectivity index (χ1v) is 5.72. The minimum Gasteiger partial charge on any atom is -0.486 e. The fraction of sp³-hybridized carbons (Fsp3) is 0.267. The molecule has 2 atom stereocenters. The van der Waals surface area contributed by atoms with Gasteiger partial charge < -0.3 is 4.74 Å². The smallest absolute Gasteiger partial charge is 0.123 e. The summed E-state index contributed by atoms with van der Waals surface area (Å²) in [6.45, 7) is 4.11. The van der Waals surface area contributed by atoms with Crippen LogP contribution < -0.4 is 4.74 Å². The summed E-state index contributed by atoms with van der Waals surface area (Å²) in [5.74, 6) is 1.09. The van der Waals surface area contributed by atoms with Crippen LogP contribution in [0.2, 0.25) is 0 Å². The van der Waals surface area contributed by atoms with Gasteiger partial charge in [-0.15, -0.1) is 0 Å². The molecule has 0 aromatic heterocycles. The Balaban J connectivity index is 2.07. The lowest BCUT2D eigenvalue weighted by Gasteiger charge is -2.22. The first kappa shape index (κ1) is 11.5. The summed E-state index contributed by atoms with van der Waals surface area (Å²) >= 11 is 0. The summed E-state index contributed by atoms with van der Waals surface area (Å²) in [6, 6.07) is 10.1. The Labute approximate surface area is 102 Å². The van der Waals surface area contributed by atoms with Crippen LogP contribution in [-0.4, -0.2) is 6.10 Å². The Morgan fingerprint density at radius 2 is 1.94 bits per heavy atom. The maximum atomic E-state index is 8.80. The van der Waals surface area contributed by atoms with Gasteiger partial charge in [0.25, 0.3) is 0 Å². The van der Waals surface area contributed by atoms with Crippen LogP contribution in [0, 0.1) is 24.2 Å². The third kappa shape index (κ3) is 2.76. The van der Waals surface area contributed by atoms with E-state index in [-0.39, 0.29) is 12.0 Å². The van der Waals surface area contributed by atoms with E-state index in [1.165, 1.54) is 5.56 Å². The molecule has 17 heavy (non-hydrogen) atoms. The SMILES string of the molecule is Cc1ccc(OC2C=CC(C#N)=CC2C)cc1. The van der Waals surface area contributed by atoms with E-state index in [4.69, 9.17) is 10.00 Å². The van der Waals surface area contributed by atoms with Gasteiger partial charge in [0.05, 0.1) is 6.07 Å². The number of benzene rings is 1. The zero-order valence-electron chi connectivity index (χ0n) is 10.1. The Kier molecular flexibility index (Phi) is 3.30. The fourth-order valence-corrected chi connectivity index (χ4v) is 1.80. The number of nitrogens with zero attached hydrogens (tertiary/aromatic N) is 1. The second-order valence-electron chi connectivity index (χ2n) is 4.35. The van der Waals surface area contributed by atoms with Crippen molar-refractivity contribution in [1.82, 2.24) is 0 Å². The molecule has 2 rings (SSSR count). The molecule has 0 saturated heterocycles. The van der Waals surface area contributed by atoms with Crippen LogP contribution in [-0.2, 0) is 0 Å². The molecule has 0 fully saturated rings. The molecule has 0 spiro atoms. The van der Waals surface area contributed by atoms with Crippen molar-refractivity contribution in [2.45, 2.75) is 20.0 Å². The van der Waals surface area contributed by atoms with Crippen molar-refractivity contribution in [2.75, 3.05) is 0 Å². The third-order valence-corrected chi connectivity index (χ3v) is 2.85. The zero-order chi connectivity index (χ0) is 12.3. The van der Waals surface area contributed by atoms with Gasteiger partial charge in [-0.2, -0.15) is 5.26 Å². The molecule has 1 aromatic rings. The van der Waals surface area contributed by atoms with Crippen molar-refractivity contribution in [3.8, 4) is 11.8 Å². The van der Waals surface area contributed by atoms with Gasteiger partial charge in [-0.1, -0.05) is 30.7 Å². The van der Waals surface area contributed by atoms with Gasteiger partial charge in [0.1, 0.15) is 11.9 Å². The lowest BCUT2D eigenvalue weighted by atomic mass is 9.95. The number of rotatable bonds is 2. The maximum absolute atomic E-state index is 8.80. The summed E-state index contributed by atoms with van der Waals surface area (Å²) in [7, 11) is 0. The molecule has 0 N–H and O–H groups in total. The quantitative estimate of drug-likeness (QED) is 0.772. The Hall–Kier alpha value is -2.01. The van der Waals surface area contributed by atoms with E-state index in [1.807, 2.05) is 42.5 Å². The van der Waals surface area contributed by atoms with E-state index in [2.05, 4.69) is 19.9 Å². The molecule has 0 heterocycles. The Morgan fingerprint density at radius 1 is 1.24 bits per heavy atom. The van der Waals surface area contributed by atoms with Gasteiger partial charge >= 0.3 is 0 Å². The maximum Gasteiger partial charge on any atom is 0.123 e. The molecule has 2 unspecified atom stereocenters. The van der Waals surface area contributed by atoms with Crippen LogP contribution in [0.15, 0.2) is 48.1 Å². The van der Waals surface area contributed by atoms with E-state index in [9.17, 15) is 0 Å². The second kappa shape index (κ2) is 4.88. The van der Waals surface area contributed by atoms with E-state index in [1.54, 1.807) is 0 Å². The van der Waals surface area contributed by atoms with Gasteiger partial charge in [-0.3, -0.25) is 0 Å². The zero-order valence-corrected chi connectivity index (χ0v) is 10.1. The van der Waals surface area contributed by atoms with Crippen LogP contribution in [0.4, 0.5) is 0 Å². The van der Waals surface area contributed by atoms with Crippen LogP contribution in [0.3, 0.4) is 0 Å². The standard InChI is InChI=1S/C15H15NO/c1-11-3-6-14(7-4-11)17-15-8-5-13(10-16)9-12(15)2/h3-9,12,15H,1-2H3. The van der Waals surface area contributed by atoms with Gasteiger partial charge in [0.15, 0.2) is 0 Å². The predicted octanol–water partition coefficient (Wildman–Crippen LogP) is 3.40. The fourth-order valence-electron chi connectivity index (χ4n) is 1.80. The molecule has 1 aromatic carbocycles. The third-order valence-electron chi connectivity index (χ3n) is 2.85. The number of nitriles is 1. The molecule has 2 nitrogen and oxygen atoms in total. The molecule has 86 valence electrons.